The molecule has 98 valence electrons. The van der Waals surface area contributed by atoms with Gasteiger partial charge >= 0.3 is 0 Å². The lowest BCUT2D eigenvalue weighted by Crippen LogP contribution is -2.08. The van der Waals surface area contributed by atoms with Crippen LogP contribution in [0.15, 0.2) is 48.5 Å². The fourth-order valence-electron chi connectivity index (χ4n) is 2.35. The largest absolute Gasteiger partial charge is 0.497 e. The highest BCUT2D eigenvalue weighted by Crippen LogP contribution is 2.37. The number of hydrogen-bond acceptors (Lipinski definition) is 2. The Labute approximate surface area is 114 Å². The smallest absolute Gasteiger partial charge is 0.131 e. The van der Waals surface area contributed by atoms with Crippen molar-refractivity contribution in [2.24, 2.45) is 0 Å². The predicted octanol–water partition coefficient (Wildman–Crippen LogP) is 4.76. The standard InChI is InChI=1S/C17H18O2/c1-18-16-6-3-7-17(12-16)19-15-10-8-14(9-11-15)13-4-2-5-13/h3,6-13H,2,4-5H2,1H3. The molecule has 0 aliphatic heterocycles. The lowest BCUT2D eigenvalue weighted by Gasteiger charge is -2.25. The van der Waals surface area contributed by atoms with Crippen molar-refractivity contribution in [2.45, 2.75) is 25.2 Å². The maximum absolute atomic E-state index is 5.83. The summed E-state index contributed by atoms with van der Waals surface area (Å²) >= 11 is 0. The fraction of sp³-hybridized carbons (Fsp3) is 0.294. The van der Waals surface area contributed by atoms with E-state index in [9.17, 15) is 0 Å². The van der Waals surface area contributed by atoms with E-state index in [1.807, 2.05) is 36.4 Å². The van der Waals surface area contributed by atoms with Crippen LogP contribution in [0, 0.1) is 0 Å². The molecule has 19 heavy (non-hydrogen) atoms. The molecule has 1 aliphatic carbocycles. The van der Waals surface area contributed by atoms with E-state index >= 15 is 0 Å². The zero-order valence-corrected chi connectivity index (χ0v) is 11.1. The van der Waals surface area contributed by atoms with Crippen molar-refractivity contribution in [3.63, 3.8) is 0 Å². The molecule has 0 aromatic heterocycles. The molecule has 0 spiro atoms. The third-order valence-corrected chi connectivity index (χ3v) is 3.73. The van der Waals surface area contributed by atoms with Crippen LogP contribution in [0.1, 0.15) is 30.7 Å². The van der Waals surface area contributed by atoms with Crippen molar-refractivity contribution < 1.29 is 9.47 Å². The highest BCUT2D eigenvalue weighted by molar-refractivity contribution is 5.38. The minimum atomic E-state index is 0.769. The van der Waals surface area contributed by atoms with Crippen LogP contribution < -0.4 is 9.47 Å². The van der Waals surface area contributed by atoms with E-state index in [1.54, 1.807) is 7.11 Å². The summed E-state index contributed by atoms with van der Waals surface area (Å²) in [5, 5.41) is 0. The molecular formula is C17H18O2. The summed E-state index contributed by atoms with van der Waals surface area (Å²) in [5.74, 6) is 3.25. The highest BCUT2D eigenvalue weighted by atomic mass is 16.5. The van der Waals surface area contributed by atoms with Crippen molar-refractivity contribution in [1.29, 1.82) is 0 Å². The third-order valence-electron chi connectivity index (χ3n) is 3.73. The van der Waals surface area contributed by atoms with Crippen LogP contribution in [0.2, 0.25) is 0 Å². The van der Waals surface area contributed by atoms with Gasteiger partial charge in [-0.05, 0) is 48.6 Å². The molecule has 1 saturated carbocycles. The fourth-order valence-corrected chi connectivity index (χ4v) is 2.35. The Morgan fingerprint density at radius 2 is 1.63 bits per heavy atom. The van der Waals surface area contributed by atoms with Crippen LogP contribution in [0.4, 0.5) is 0 Å². The van der Waals surface area contributed by atoms with Gasteiger partial charge in [-0.25, -0.2) is 0 Å². The van der Waals surface area contributed by atoms with E-state index in [1.165, 1.54) is 24.8 Å². The van der Waals surface area contributed by atoms with Crippen molar-refractivity contribution >= 4 is 0 Å². The normalized spacial score (nSPS) is 14.8. The molecule has 0 atom stereocenters. The van der Waals surface area contributed by atoms with Crippen LogP contribution in [-0.4, -0.2) is 7.11 Å². The molecule has 2 aromatic carbocycles. The summed E-state index contributed by atoms with van der Waals surface area (Å²) < 4.78 is 11.0. The number of benzene rings is 2. The molecule has 0 unspecified atom stereocenters. The Kier molecular flexibility index (Phi) is 3.41. The molecule has 1 fully saturated rings. The molecule has 2 nitrogen and oxygen atoms in total. The van der Waals surface area contributed by atoms with Crippen LogP contribution in [-0.2, 0) is 0 Å². The first-order chi connectivity index (χ1) is 9.35. The second kappa shape index (κ2) is 5.35. The number of ether oxygens (including phenoxy) is 2. The maximum atomic E-state index is 5.83. The van der Waals surface area contributed by atoms with Crippen LogP contribution in [0.25, 0.3) is 0 Å². The Morgan fingerprint density at radius 1 is 0.895 bits per heavy atom. The van der Waals surface area contributed by atoms with E-state index in [-0.39, 0.29) is 0 Å². The molecule has 0 saturated heterocycles. The molecule has 2 aromatic rings. The van der Waals surface area contributed by atoms with Gasteiger partial charge in [0.15, 0.2) is 0 Å². The molecule has 0 bridgehead atoms. The van der Waals surface area contributed by atoms with Gasteiger partial charge in [0.1, 0.15) is 17.2 Å². The first-order valence-electron chi connectivity index (χ1n) is 6.77. The van der Waals surface area contributed by atoms with Gasteiger partial charge in [-0.3, -0.25) is 0 Å². The zero-order valence-electron chi connectivity index (χ0n) is 11.1. The molecule has 0 amide bonds. The second-order valence-corrected chi connectivity index (χ2v) is 4.98. The molecule has 3 rings (SSSR count). The molecule has 0 heterocycles. The Hall–Kier alpha value is -1.96. The van der Waals surface area contributed by atoms with Gasteiger partial charge in [0.2, 0.25) is 0 Å². The van der Waals surface area contributed by atoms with Gasteiger partial charge in [0.05, 0.1) is 7.11 Å². The molecule has 2 heteroatoms. The first kappa shape index (κ1) is 12.1. The van der Waals surface area contributed by atoms with E-state index in [0.29, 0.717) is 0 Å². The summed E-state index contributed by atoms with van der Waals surface area (Å²) in [4.78, 5) is 0. The SMILES string of the molecule is COc1cccc(Oc2ccc(C3CCC3)cc2)c1. The number of rotatable bonds is 4. The minimum absolute atomic E-state index is 0.769. The summed E-state index contributed by atoms with van der Waals surface area (Å²) in [5.41, 5.74) is 1.43. The molecule has 1 aliphatic rings. The maximum Gasteiger partial charge on any atom is 0.131 e. The number of hydrogen-bond donors (Lipinski definition) is 0. The topological polar surface area (TPSA) is 18.5 Å². The lowest BCUT2D eigenvalue weighted by atomic mass is 9.80. The van der Waals surface area contributed by atoms with Crippen LogP contribution in [0.3, 0.4) is 0 Å². The first-order valence-corrected chi connectivity index (χ1v) is 6.77. The minimum Gasteiger partial charge on any atom is -0.497 e. The van der Waals surface area contributed by atoms with E-state index < -0.39 is 0 Å². The van der Waals surface area contributed by atoms with E-state index in [4.69, 9.17) is 9.47 Å². The molecule has 0 radical (unpaired) electrons. The second-order valence-electron chi connectivity index (χ2n) is 4.98. The molecular weight excluding hydrogens is 236 g/mol. The zero-order chi connectivity index (χ0) is 13.1. The summed E-state index contributed by atoms with van der Waals surface area (Å²) in [6.45, 7) is 0. The highest BCUT2D eigenvalue weighted by Gasteiger charge is 2.18. The lowest BCUT2D eigenvalue weighted by molar-refractivity contribution is 0.408. The predicted molar refractivity (Wildman–Crippen MR) is 76.1 cm³/mol. The average Bonchev–Trinajstić information content (AvgIpc) is 2.39. The van der Waals surface area contributed by atoms with Gasteiger partial charge in [0, 0.05) is 6.07 Å². The van der Waals surface area contributed by atoms with Crippen molar-refractivity contribution in [3.05, 3.63) is 54.1 Å². The Bertz CT molecular complexity index is 541. The monoisotopic (exact) mass is 254 g/mol. The Morgan fingerprint density at radius 3 is 2.26 bits per heavy atom. The summed E-state index contributed by atoms with van der Waals surface area (Å²) in [6, 6.07) is 16.1. The van der Waals surface area contributed by atoms with Crippen LogP contribution >= 0.6 is 0 Å². The third kappa shape index (κ3) is 2.73. The van der Waals surface area contributed by atoms with Crippen LogP contribution in [0.5, 0.6) is 17.2 Å². The van der Waals surface area contributed by atoms with Gasteiger partial charge in [-0.2, -0.15) is 0 Å². The molecule has 0 N–H and O–H groups in total. The Balaban J connectivity index is 1.71. The van der Waals surface area contributed by atoms with Gasteiger partial charge in [0.25, 0.3) is 0 Å². The van der Waals surface area contributed by atoms with E-state index in [0.717, 1.165) is 23.2 Å². The van der Waals surface area contributed by atoms with Crippen molar-refractivity contribution in [1.82, 2.24) is 0 Å². The van der Waals surface area contributed by atoms with Gasteiger partial charge in [-0.15, -0.1) is 0 Å². The van der Waals surface area contributed by atoms with E-state index in [2.05, 4.69) is 12.1 Å². The average molecular weight is 254 g/mol. The van der Waals surface area contributed by atoms with Gasteiger partial charge in [-0.1, -0.05) is 24.6 Å². The summed E-state index contributed by atoms with van der Waals surface area (Å²) in [6.07, 6.45) is 4.03. The summed E-state index contributed by atoms with van der Waals surface area (Å²) in [7, 11) is 1.66. The van der Waals surface area contributed by atoms with Gasteiger partial charge < -0.3 is 9.47 Å². The van der Waals surface area contributed by atoms with Crippen molar-refractivity contribution in [3.8, 4) is 17.2 Å². The van der Waals surface area contributed by atoms with Crippen molar-refractivity contribution in [2.75, 3.05) is 7.11 Å². The number of methoxy groups -OCH3 is 1. The quantitative estimate of drug-likeness (QED) is 0.783.